The maximum Gasteiger partial charge on any atom is 0.142 e. The van der Waals surface area contributed by atoms with Crippen LogP contribution in [0.1, 0.15) is 44.9 Å². The molecule has 0 aromatic heterocycles. The largest absolute Gasteiger partial charge is 0.299 e. The Morgan fingerprint density at radius 1 is 1.21 bits per heavy atom. The van der Waals surface area contributed by atoms with E-state index in [1.165, 1.54) is 32.1 Å². The molecule has 1 spiro atoms. The van der Waals surface area contributed by atoms with E-state index in [1.54, 1.807) is 0 Å². The molecule has 0 radical (unpaired) electrons. The molecule has 0 aromatic rings. The lowest BCUT2D eigenvalue weighted by Gasteiger charge is -2.38. The van der Waals surface area contributed by atoms with Crippen molar-refractivity contribution in [3.63, 3.8) is 0 Å². The minimum Gasteiger partial charge on any atom is -0.299 e. The number of allylic oxidation sites excluding steroid dienone is 2. The van der Waals surface area contributed by atoms with E-state index in [4.69, 9.17) is 0 Å². The lowest BCUT2D eigenvalue weighted by atomic mass is 9.64. The van der Waals surface area contributed by atoms with Crippen molar-refractivity contribution in [2.45, 2.75) is 44.9 Å². The van der Waals surface area contributed by atoms with Gasteiger partial charge in [-0.3, -0.25) is 4.79 Å². The van der Waals surface area contributed by atoms with Gasteiger partial charge in [0.2, 0.25) is 0 Å². The van der Waals surface area contributed by atoms with Crippen molar-refractivity contribution in [2.24, 2.45) is 17.3 Å². The van der Waals surface area contributed by atoms with Gasteiger partial charge in [0.25, 0.3) is 0 Å². The van der Waals surface area contributed by atoms with Gasteiger partial charge >= 0.3 is 0 Å². The molecule has 0 aliphatic heterocycles. The second-order valence-corrected chi connectivity index (χ2v) is 5.27. The Morgan fingerprint density at radius 2 is 2.00 bits per heavy atom. The van der Waals surface area contributed by atoms with E-state index < -0.39 is 0 Å². The van der Waals surface area contributed by atoms with Gasteiger partial charge in [-0.05, 0) is 38.0 Å². The van der Waals surface area contributed by atoms with E-state index in [2.05, 4.69) is 12.2 Å². The Kier molecular flexibility index (Phi) is 1.83. The van der Waals surface area contributed by atoms with Crippen molar-refractivity contribution in [2.75, 3.05) is 0 Å². The van der Waals surface area contributed by atoms with Gasteiger partial charge in [-0.15, -0.1) is 0 Å². The number of carbonyl (C=O) groups excluding carboxylic acids is 1. The first-order chi connectivity index (χ1) is 6.83. The quantitative estimate of drug-likeness (QED) is 0.536. The molecule has 14 heavy (non-hydrogen) atoms. The molecule has 3 atom stereocenters. The standard InChI is InChI=1S/C13H18O/c14-12-10-4-1-6-11-7-3-9-13(11,12)8-2-5-10/h1,6,10-11H,2-5,7-9H2/t10-,11-,13+/m1/s1. The van der Waals surface area contributed by atoms with Crippen LogP contribution < -0.4 is 0 Å². The van der Waals surface area contributed by atoms with Crippen LogP contribution >= 0.6 is 0 Å². The molecule has 0 unspecified atom stereocenters. The highest BCUT2D eigenvalue weighted by molar-refractivity contribution is 5.89. The van der Waals surface area contributed by atoms with E-state index in [1.807, 2.05) is 0 Å². The maximum absolute atomic E-state index is 12.4. The van der Waals surface area contributed by atoms with Crippen molar-refractivity contribution in [1.82, 2.24) is 0 Å². The first kappa shape index (κ1) is 8.70. The lowest BCUT2D eigenvalue weighted by molar-refractivity contribution is -0.137. The van der Waals surface area contributed by atoms with Crippen LogP contribution in [-0.2, 0) is 4.79 Å². The van der Waals surface area contributed by atoms with Crippen molar-refractivity contribution >= 4 is 5.78 Å². The Balaban J connectivity index is 2.05. The third kappa shape index (κ3) is 0.986. The van der Waals surface area contributed by atoms with E-state index >= 15 is 0 Å². The van der Waals surface area contributed by atoms with Crippen LogP contribution in [0.15, 0.2) is 12.2 Å². The topological polar surface area (TPSA) is 17.1 Å². The summed E-state index contributed by atoms with van der Waals surface area (Å²) in [6.07, 6.45) is 13.0. The van der Waals surface area contributed by atoms with Crippen molar-refractivity contribution in [3.05, 3.63) is 12.2 Å². The molecule has 3 rings (SSSR count). The third-order valence-corrected chi connectivity index (χ3v) is 4.67. The number of hydrogen-bond donors (Lipinski definition) is 0. The summed E-state index contributed by atoms with van der Waals surface area (Å²) in [5, 5.41) is 0. The van der Waals surface area contributed by atoms with Crippen LogP contribution in [0.2, 0.25) is 0 Å². The molecule has 0 amide bonds. The zero-order valence-electron chi connectivity index (χ0n) is 8.67. The number of rotatable bonds is 0. The van der Waals surface area contributed by atoms with Gasteiger partial charge in [0, 0.05) is 11.3 Å². The number of carbonyl (C=O) groups is 1. The summed E-state index contributed by atoms with van der Waals surface area (Å²) in [6.45, 7) is 0. The van der Waals surface area contributed by atoms with Crippen molar-refractivity contribution < 1.29 is 4.79 Å². The molecular formula is C13H18O. The number of ketones is 1. The Bertz CT molecular complexity index is 292. The first-order valence-electron chi connectivity index (χ1n) is 6.04. The molecule has 0 N–H and O–H groups in total. The third-order valence-electron chi connectivity index (χ3n) is 4.67. The first-order valence-corrected chi connectivity index (χ1v) is 6.04. The summed E-state index contributed by atoms with van der Waals surface area (Å²) in [4.78, 5) is 12.4. The van der Waals surface area contributed by atoms with Crippen LogP contribution in [0.3, 0.4) is 0 Å². The molecule has 0 saturated heterocycles. The highest BCUT2D eigenvalue weighted by atomic mass is 16.1. The molecule has 1 heteroatoms. The molecule has 3 aliphatic carbocycles. The Hall–Kier alpha value is -0.590. The number of hydrogen-bond acceptors (Lipinski definition) is 1. The van der Waals surface area contributed by atoms with Gasteiger partial charge in [0.1, 0.15) is 5.78 Å². The van der Waals surface area contributed by atoms with Gasteiger partial charge in [-0.2, -0.15) is 0 Å². The lowest BCUT2D eigenvalue weighted by Crippen LogP contribution is -2.40. The van der Waals surface area contributed by atoms with Crippen LogP contribution in [0, 0.1) is 17.3 Å². The highest BCUT2D eigenvalue weighted by Gasteiger charge is 2.51. The Morgan fingerprint density at radius 3 is 2.86 bits per heavy atom. The zero-order valence-corrected chi connectivity index (χ0v) is 8.67. The van der Waals surface area contributed by atoms with Gasteiger partial charge in [0.05, 0.1) is 0 Å². The molecule has 1 nitrogen and oxygen atoms in total. The summed E-state index contributed by atoms with van der Waals surface area (Å²) in [6, 6.07) is 0. The molecule has 2 fully saturated rings. The summed E-state index contributed by atoms with van der Waals surface area (Å²) in [7, 11) is 0. The van der Waals surface area contributed by atoms with E-state index in [9.17, 15) is 4.79 Å². The Labute approximate surface area is 85.6 Å². The molecular weight excluding hydrogens is 172 g/mol. The van der Waals surface area contributed by atoms with E-state index in [0.29, 0.717) is 17.6 Å². The highest BCUT2D eigenvalue weighted by Crippen LogP contribution is 2.54. The van der Waals surface area contributed by atoms with Crippen LogP contribution in [-0.4, -0.2) is 5.78 Å². The molecule has 3 aliphatic rings. The summed E-state index contributed by atoms with van der Waals surface area (Å²) in [5.74, 6) is 1.60. The minimum atomic E-state index is 0.107. The summed E-state index contributed by atoms with van der Waals surface area (Å²) >= 11 is 0. The molecule has 76 valence electrons. The minimum absolute atomic E-state index is 0.107. The smallest absolute Gasteiger partial charge is 0.142 e. The van der Waals surface area contributed by atoms with Crippen LogP contribution in [0.5, 0.6) is 0 Å². The molecule has 0 aromatic carbocycles. The van der Waals surface area contributed by atoms with Gasteiger partial charge in [0.15, 0.2) is 0 Å². The normalized spacial score (nSPS) is 46.1. The average molecular weight is 190 g/mol. The second-order valence-electron chi connectivity index (χ2n) is 5.27. The predicted octanol–water partition coefficient (Wildman–Crippen LogP) is 3.10. The number of fused-ring (bicyclic) bond motifs is 1. The van der Waals surface area contributed by atoms with Gasteiger partial charge < -0.3 is 0 Å². The fourth-order valence-electron chi connectivity index (χ4n) is 3.95. The average Bonchev–Trinajstić information content (AvgIpc) is 2.55. The molecule has 2 bridgehead atoms. The van der Waals surface area contributed by atoms with Gasteiger partial charge in [-0.1, -0.05) is 25.0 Å². The molecule has 0 heterocycles. The SMILES string of the molecule is O=C1[C@@H]2CC=C[C@@H]3CCC[C@]13CCC2. The zero-order chi connectivity index (χ0) is 9.60. The summed E-state index contributed by atoms with van der Waals surface area (Å²) < 4.78 is 0. The fourth-order valence-corrected chi connectivity index (χ4v) is 3.95. The maximum atomic E-state index is 12.4. The van der Waals surface area contributed by atoms with E-state index in [0.717, 1.165) is 12.8 Å². The van der Waals surface area contributed by atoms with Gasteiger partial charge in [-0.25, -0.2) is 0 Å². The van der Waals surface area contributed by atoms with Crippen molar-refractivity contribution in [1.29, 1.82) is 0 Å². The van der Waals surface area contributed by atoms with Crippen LogP contribution in [0.25, 0.3) is 0 Å². The monoisotopic (exact) mass is 190 g/mol. The van der Waals surface area contributed by atoms with Crippen molar-refractivity contribution in [3.8, 4) is 0 Å². The molecule has 2 saturated carbocycles. The fraction of sp³-hybridized carbons (Fsp3) is 0.769. The summed E-state index contributed by atoms with van der Waals surface area (Å²) in [5.41, 5.74) is 0.107. The number of Topliss-reactive ketones (excluding diaryl/α,β-unsaturated/α-hetero) is 1. The predicted molar refractivity (Wildman–Crippen MR) is 55.9 cm³/mol. The van der Waals surface area contributed by atoms with E-state index in [-0.39, 0.29) is 5.41 Å². The second kappa shape index (κ2) is 2.95. The van der Waals surface area contributed by atoms with Crippen LogP contribution in [0.4, 0.5) is 0 Å².